The highest BCUT2D eigenvalue weighted by molar-refractivity contribution is 9.09. The fraction of sp³-hybridized carbons (Fsp3) is 0.857. The Morgan fingerprint density at radius 1 is 1.80 bits per heavy atom. The van der Waals surface area contributed by atoms with Crippen molar-refractivity contribution >= 4 is 21.9 Å². The fourth-order valence-corrected chi connectivity index (χ4v) is 1.60. The lowest BCUT2D eigenvalue weighted by Crippen LogP contribution is -2.19. The van der Waals surface area contributed by atoms with Crippen LogP contribution in [0.2, 0.25) is 0 Å². The molecule has 1 rings (SSSR count). The summed E-state index contributed by atoms with van der Waals surface area (Å²) in [5.41, 5.74) is 0. The summed E-state index contributed by atoms with van der Waals surface area (Å²) < 4.78 is 5.04. The summed E-state index contributed by atoms with van der Waals surface area (Å²) in [6.07, 6.45) is 2.55. The molecule has 1 atom stereocenters. The van der Waals surface area contributed by atoms with Crippen molar-refractivity contribution in [2.75, 3.05) is 5.33 Å². The first kappa shape index (κ1) is 8.05. The highest BCUT2D eigenvalue weighted by atomic mass is 79.9. The van der Waals surface area contributed by atoms with E-state index in [-0.39, 0.29) is 12.1 Å². The molecule has 1 unspecified atom stereocenters. The van der Waals surface area contributed by atoms with Gasteiger partial charge in [0.15, 0.2) is 0 Å². The number of carbonyl (C=O) groups is 1. The van der Waals surface area contributed by atoms with E-state index < -0.39 is 0 Å². The first-order valence-electron chi connectivity index (χ1n) is 3.47. The second-order valence-corrected chi connectivity index (χ2v) is 3.29. The molecule has 0 N–H and O–H groups in total. The van der Waals surface area contributed by atoms with Gasteiger partial charge in [-0.25, -0.2) is 0 Å². The topological polar surface area (TPSA) is 26.3 Å². The summed E-state index contributed by atoms with van der Waals surface area (Å²) in [5.74, 6) is 0.458. The lowest BCUT2D eigenvalue weighted by atomic mass is 10.3. The summed E-state index contributed by atoms with van der Waals surface area (Å²) >= 11 is 3.31. The standard InChI is InChI=1S/C7H11BrO2/c1-5(9)10-7(4-8)6-2-3-6/h6-7H,2-4H2,1H3. The Balaban J connectivity index is 2.25. The average Bonchev–Trinajstić information content (AvgIpc) is 2.63. The zero-order valence-corrected chi connectivity index (χ0v) is 7.56. The van der Waals surface area contributed by atoms with E-state index in [0.29, 0.717) is 5.92 Å². The van der Waals surface area contributed by atoms with Crippen LogP contribution in [0.25, 0.3) is 0 Å². The molecule has 1 fully saturated rings. The monoisotopic (exact) mass is 206 g/mol. The maximum atomic E-state index is 10.5. The van der Waals surface area contributed by atoms with Gasteiger partial charge >= 0.3 is 5.97 Å². The van der Waals surface area contributed by atoms with Gasteiger partial charge in [0.1, 0.15) is 6.10 Å². The van der Waals surface area contributed by atoms with Gasteiger partial charge in [-0.05, 0) is 18.8 Å². The third-order valence-electron chi connectivity index (χ3n) is 1.62. The summed E-state index contributed by atoms with van der Waals surface area (Å²) in [6.45, 7) is 1.46. The Morgan fingerprint density at radius 2 is 2.40 bits per heavy atom. The first-order chi connectivity index (χ1) is 4.74. The molecule has 0 aliphatic heterocycles. The van der Waals surface area contributed by atoms with E-state index >= 15 is 0 Å². The van der Waals surface area contributed by atoms with Crippen molar-refractivity contribution in [3.05, 3.63) is 0 Å². The number of carbonyl (C=O) groups excluding carboxylic acids is 1. The van der Waals surface area contributed by atoms with Gasteiger partial charge in [-0.15, -0.1) is 0 Å². The largest absolute Gasteiger partial charge is 0.461 e. The number of alkyl halides is 1. The van der Waals surface area contributed by atoms with Gasteiger partial charge in [-0.1, -0.05) is 15.9 Å². The molecule has 0 spiro atoms. The van der Waals surface area contributed by atoms with E-state index in [1.54, 1.807) is 0 Å². The zero-order chi connectivity index (χ0) is 7.56. The number of esters is 1. The van der Waals surface area contributed by atoms with Crippen LogP contribution in [-0.4, -0.2) is 17.4 Å². The number of ether oxygens (including phenoxy) is 1. The van der Waals surface area contributed by atoms with Crippen molar-refractivity contribution < 1.29 is 9.53 Å². The minimum Gasteiger partial charge on any atom is -0.461 e. The number of halogens is 1. The molecule has 58 valence electrons. The molecule has 0 aromatic heterocycles. The van der Waals surface area contributed by atoms with E-state index in [4.69, 9.17) is 4.74 Å². The zero-order valence-electron chi connectivity index (χ0n) is 5.97. The Hall–Kier alpha value is -0.0500. The van der Waals surface area contributed by atoms with Crippen molar-refractivity contribution in [3.8, 4) is 0 Å². The van der Waals surface area contributed by atoms with Crippen LogP contribution in [0.1, 0.15) is 19.8 Å². The molecule has 0 heterocycles. The van der Waals surface area contributed by atoms with Crippen LogP contribution in [-0.2, 0) is 9.53 Å². The maximum absolute atomic E-state index is 10.5. The summed E-state index contributed by atoms with van der Waals surface area (Å²) in [7, 11) is 0. The molecule has 0 radical (unpaired) electrons. The number of hydrogen-bond acceptors (Lipinski definition) is 2. The smallest absolute Gasteiger partial charge is 0.302 e. The highest BCUT2D eigenvalue weighted by Crippen LogP contribution is 2.35. The Bertz CT molecular complexity index is 132. The average molecular weight is 207 g/mol. The summed E-state index contributed by atoms with van der Waals surface area (Å²) in [4.78, 5) is 10.5. The molecule has 0 saturated heterocycles. The van der Waals surface area contributed by atoms with E-state index in [0.717, 1.165) is 5.33 Å². The molecule has 0 aromatic rings. The second kappa shape index (κ2) is 3.37. The van der Waals surface area contributed by atoms with Crippen molar-refractivity contribution in [2.24, 2.45) is 5.92 Å². The minimum atomic E-state index is -0.170. The quantitative estimate of drug-likeness (QED) is 0.520. The van der Waals surface area contributed by atoms with Crippen molar-refractivity contribution in [3.63, 3.8) is 0 Å². The van der Waals surface area contributed by atoms with Crippen LogP contribution < -0.4 is 0 Å². The fourth-order valence-electron chi connectivity index (χ4n) is 0.935. The Morgan fingerprint density at radius 3 is 2.70 bits per heavy atom. The Labute approximate surface area is 69.1 Å². The molecule has 3 heteroatoms. The highest BCUT2D eigenvalue weighted by Gasteiger charge is 2.32. The second-order valence-electron chi connectivity index (χ2n) is 2.64. The third-order valence-corrected chi connectivity index (χ3v) is 2.26. The van der Waals surface area contributed by atoms with Crippen molar-refractivity contribution in [2.45, 2.75) is 25.9 Å². The van der Waals surface area contributed by atoms with Gasteiger partial charge in [0, 0.05) is 12.3 Å². The van der Waals surface area contributed by atoms with E-state index in [1.165, 1.54) is 19.8 Å². The third kappa shape index (κ3) is 2.29. The molecule has 1 aliphatic carbocycles. The molecule has 1 aliphatic rings. The molecular weight excluding hydrogens is 196 g/mol. The van der Waals surface area contributed by atoms with E-state index in [2.05, 4.69) is 15.9 Å². The summed E-state index contributed by atoms with van der Waals surface area (Å²) in [6, 6.07) is 0. The van der Waals surface area contributed by atoms with Crippen molar-refractivity contribution in [1.82, 2.24) is 0 Å². The van der Waals surface area contributed by atoms with Gasteiger partial charge < -0.3 is 4.74 Å². The van der Waals surface area contributed by atoms with Gasteiger partial charge in [-0.3, -0.25) is 4.79 Å². The van der Waals surface area contributed by atoms with Crippen LogP contribution in [0.5, 0.6) is 0 Å². The van der Waals surface area contributed by atoms with Gasteiger partial charge in [0.25, 0.3) is 0 Å². The molecule has 10 heavy (non-hydrogen) atoms. The predicted octanol–water partition coefficient (Wildman–Crippen LogP) is 1.72. The molecule has 1 saturated carbocycles. The molecule has 0 bridgehead atoms. The lowest BCUT2D eigenvalue weighted by Gasteiger charge is -2.11. The molecule has 0 amide bonds. The van der Waals surface area contributed by atoms with Crippen LogP contribution >= 0.6 is 15.9 Å². The van der Waals surface area contributed by atoms with E-state index in [1.807, 2.05) is 0 Å². The van der Waals surface area contributed by atoms with Crippen LogP contribution in [0.15, 0.2) is 0 Å². The number of rotatable bonds is 3. The minimum absolute atomic E-state index is 0.123. The van der Waals surface area contributed by atoms with Gasteiger partial charge in [0.05, 0.1) is 0 Å². The van der Waals surface area contributed by atoms with Crippen LogP contribution in [0.4, 0.5) is 0 Å². The first-order valence-corrected chi connectivity index (χ1v) is 4.59. The van der Waals surface area contributed by atoms with Crippen LogP contribution in [0.3, 0.4) is 0 Å². The maximum Gasteiger partial charge on any atom is 0.302 e. The lowest BCUT2D eigenvalue weighted by molar-refractivity contribution is -0.146. The van der Waals surface area contributed by atoms with Crippen LogP contribution in [0, 0.1) is 5.92 Å². The van der Waals surface area contributed by atoms with Gasteiger partial charge in [-0.2, -0.15) is 0 Å². The Kier molecular flexibility index (Phi) is 2.72. The predicted molar refractivity (Wildman–Crippen MR) is 42.1 cm³/mol. The normalized spacial score (nSPS) is 20.2. The molecule has 0 aromatic carbocycles. The SMILES string of the molecule is CC(=O)OC(CBr)C1CC1. The molecule has 2 nitrogen and oxygen atoms in total. The molecular formula is C7H11BrO2. The van der Waals surface area contributed by atoms with E-state index in [9.17, 15) is 4.79 Å². The van der Waals surface area contributed by atoms with Crippen molar-refractivity contribution in [1.29, 1.82) is 0 Å². The van der Waals surface area contributed by atoms with Gasteiger partial charge in [0.2, 0.25) is 0 Å². The number of hydrogen-bond donors (Lipinski definition) is 0. The summed E-state index contributed by atoms with van der Waals surface area (Å²) in [5, 5.41) is 0.775.